The van der Waals surface area contributed by atoms with E-state index in [1.54, 1.807) is 8.92 Å². The van der Waals surface area contributed by atoms with Gasteiger partial charge in [0.05, 0.1) is 0 Å². The summed E-state index contributed by atoms with van der Waals surface area (Å²) in [6, 6.07) is 8.77. The maximum absolute atomic E-state index is 2.33. The summed E-state index contributed by atoms with van der Waals surface area (Å²) in [6.07, 6.45) is 0. The Morgan fingerprint density at radius 2 is 1.30 bits per heavy atom. The molecule has 1 aliphatic heterocycles. The normalized spacial score (nSPS) is 14.8. The summed E-state index contributed by atoms with van der Waals surface area (Å²) in [7, 11) is 0. The van der Waals surface area contributed by atoms with Gasteiger partial charge in [-0.15, -0.1) is 0 Å². The van der Waals surface area contributed by atoms with Crippen LogP contribution < -0.4 is 8.92 Å². The van der Waals surface area contributed by atoms with Crippen molar-refractivity contribution in [2.24, 2.45) is 0 Å². The molecule has 1 aromatic carbocycles. The van der Waals surface area contributed by atoms with E-state index in [2.05, 4.69) is 34.2 Å². The molecule has 1 aromatic rings. The third kappa shape index (κ3) is 1.21. The molecule has 0 aliphatic carbocycles. The molecule has 0 atom stereocenters. The Bertz CT molecular complexity index is 239. The average Bonchev–Trinajstić information content (AvgIpc) is 2.05. The summed E-state index contributed by atoms with van der Waals surface area (Å²) in [5, 5.41) is 0. The van der Waals surface area contributed by atoms with Crippen LogP contribution in [0.1, 0.15) is 0 Å². The predicted octanol–water partition coefficient (Wildman–Crippen LogP) is -0.170. The first kappa shape index (κ1) is 6.69. The Morgan fingerprint density at radius 1 is 0.800 bits per heavy atom. The molecule has 0 saturated heterocycles. The standard InChI is InChI=1S/C8H6Se2/c1-2-4-8-7(3-1)9-5-6-10-8/h1-6H. The Hall–Kier alpha value is -0.00104. The Balaban J connectivity index is 2.47. The summed E-state index contributed by atoms with van der Waals surface area (Å²) in [4.78, 5) is 4.66. The molecule has 2 rings (SSSR count). The van der Waals surface area contributed by atoms with Crippen molar-refractivity contribution in [3.63, 3.8) is 0 Å². The van der Waals surface area contributed by atoms with Gasteiger partial charge in [-0.3, -0.25) is 0 Å². The molecule has 0 saturated carbocycles. The molecule has 0 N–H and O–H groups in total. The van der Waals surface area contributed by atoms with Crippen LogP contribution in [0.3, 0.4) is 0 Å². The van der Waals surface area contributed by atoms with E-state index in [-0.39, 0.29) is 0 Å². The van der Waals surface area contributed by atoms with Crippen molar-refractivity contribution >= 4 is 38.8 Å². The van der Waals surface area contributed by atoms with Crippen LogP contribution in [0.2, 0.25) is 0 Å². The van der Waals surface area contributed by atoms with Gasteiger partial charge >= 0.3 is 73.1 Å². The van der Waals surface area contributed by atoms with Crippen molar-refractivity contribution in [1.82, 2.24) is 0 Å². The third-order valence-electron chi connectivity index (χ3n) is 1.29. The van der Waals surface area contributed by atoms with Crippen LogP contribution in [-0.2, 0) is 0 Å². The van der Waals surface area contributed by atoms with Crippen LogP contribution in [0.15, 0.2) is 34.2 Å². The van der Waals surface area contributed by atoms with E-state index in [0.29, 0.717) is 29.9 Å². The fourth-order valence-corrected chi connectivity index (χ4v) is 5.39. The molecule has 2 heteroatoms. The van der Waals surface area contributed by atoms with Crippen LogP contribution in [0.25, 0.3) is 0 Å². The number of hydrogen-bond acceptors (Lipinski definition) is 0. The monoisotopic (exact) mass is 262 g/mol. The molecule has 0 spiro atoms. The molecule has 0 unspecified atom stereocenters. The van der Waals surface area contributed by atoms with Gasteiger partial charge in [0.25, 0.3) is 0 Å². The Labute approximate surface area is 73.0 Å². The second-order valence-corrected chi connectivity index (χ2v) is 5.93. The van der Waals surface area contributed by atoms with Gasteiger partial charge in [0.2, 0.25) is 0 Å². The van der Waals surface area contributed by atoms with Crippen LogP contribution >= 0.6 is 0 Å². The van der Waals surface area contributed by atoms with Crippen molar-refractivity contribution in [2.45, 2.75) is 0 Å². The quantitative estimate of drug-likeness (QED) is 0.568. The first-order valence-electron chi connectivity index (χ1n) is 3.04. The topological polar surface area (TPSA) is 0 Å². The number of fused-ring (bicyclic) bond motifs is 1. The van der Waals surface area contributed by atoms with Crippen molar-refractivity contribution in [2.75, 3.05) is 0 Å². The zero-order valence-electron chi connectivity index (χ0n) is 5.28. The number of rotatable bonds is 0. The molecule has 10 heavy (non-hydrogen) atoms. The molecule has 1 heterocycles. The van der Waals surface area contributed by atoms with Crippen molar-refractivity contribution < 1.29 is 0 Å². The van der Waals surface area contributed by atoms with Crippen molar-refractivity contribution in [1.29, 1.82) is 0 Å². The van der Waals surface area contributed by atoms with E-state index in [0.717, 1.165) is 0 Å². The summed E-state index contributed by atoms with van der Waals surface area (Å²) in [5.41, 5.74) is 0. The van der Waals surface area contributed by atoms with Gasteiger partial charge in [-0.25, -0.2) is 0 Å². The number of benzene rings is 1. The van der Waals surface area contributed by atoms with Gasteiger partial charge < -0.3 is 0 Å². The Kier molecular flexibility index (Phi) is 1.97. The van der Waals surface area contributed by atoms with Crippen LogP contribution in [0.5, 0.6) is 0 Å². The van der Waals surface area contributed by atoms with E-state index >= 15 is 0 Å². The molecule has 0 amide bonds. The second kappa shape index (κ2) is 2.94. The fraction of sp³-hybridized carbons (Fsp3) is 0. The van der Waals surface area contributed by atoms with Gasteiger partial charge in [0.1, 0.15) is 0 Å². The van der Waals surface area contributed by atoms with Gasteiger partial charge in [-0.05, 0) is 0 Å². The van der Waals surface area contributed by atoms with Gasteiger partial charge in [0, 0.05) is 0 Å². The fourth-order valence-electron chi connectivity index (χ4n) is 0.847. The minimum atomic E-state index is 0.622. The molecule has 0 aromatic heterocycles. The van der Waals surface area contributed by atoms with E-state index in [4.69, 9.17) is 0 Å². The van der Waals surface area contributed by atoms with Crippen LogP contribution in [0, 0.1) is 0 Å². The molecule has 0 nitrogen and oxygen atoms in total. The summed E-state index contributed by atoms with van der Waals surface area (Å²) in [5.74, 6) is 0. The van der Waals surface area contributed by atoms with E-state index < -0.39 is 0 Å². The first-order valence-corrected chi connectivity index (χ1v) is 6.73. The molecule has 50 valence electrons. The maximum atomic E-state index is 2.33. The van der Waals surface area contributed by atoms with Crippen molar-refractivity contribution in [3.05, 3.63) is 34.2 Å². The molecule has 1 aliphatic rings. The zero-order chi connectivity index (χ0) is 6.81. The molecule has 0 radical (unpaired) electrons. The van der Waals surface area contributed by atoms with E-state index in [1.165, 1.54) is 0 Å². The van der Waals surface area contributed by atoms with E-state index in [9.17, 15) is 0 Å². The molecular formula is C8H6Se2. The van der Waals surface area contributed by atoms with Gasteiger partial charge in [-0.1, -0.05) is 0 Å². The third-order valence-corrected chi connectivity index (χ3v) is 6.52. The van der Waals surface area contributed by atoms with Crippen molar-refractivity contribution in [3.8, 4) is 0 Å². The van der Waals surface area contributed by atoms with E-state index in [1.807, 2.05) is 0 Å². The molecule has 0 bridgehead atoms. The van der Waals surface area contributed by atoms with Gasteiger partial charge in [0.15, 0.2) is 0 Å². The first-order chi connectivity index (χ1) is 4.97. The number of hydrogen-bond donors (Lipinski definition) is 0. The van der Waals surface area contributed by atoms with Crippen LogP contribution in [-0.4, -0.2) is 29.9 Å². The summed E-state index contributed by atoms with van der Waals surface area (Å²) >= 11 is 1.24. The molecular weight excluding hydrogens is 254 g/mol. The minimum absolute atomic E-state index is 0.622. The van der Waals surface area contributed by atoms with Gasteiger partial charge in [-0.2, -0.15) is 0 Å². The van der Waals surface area contributed by atoms with Crippen LogP contribution in [0.4, 0.5) is 0 Å². The Morgan fingerprint density at radius 3 is 1.80 bits per heavy atom. The second-order valence-electron chi connectivity index (χ2n) is 1.95. The summed E-state index contributed by atoms with van der Waals surface area (Å²) < 4.78 is 3.16. The average molecular weight is 260 g/mol. The summed E-state index contributed by atoms with van der Waals surface area (Å²) in [6.45, 7) is 0. The predicted molar refractivity (Wildman–Crippen MR) is 46.4 cm³/mol. The SMILES string of the molecule is C1=C[Se]c2ccccc2[Se]1. The zero-order valence-corrected chi connectivity index (χ0v) is 8.71. The molecule has 0 fully saturated rings.